The number of carboxylic acid groups (broad SMARTS) is 1. The lowest BCUT2D eigenvalue weighted by atomic mass is 9.99. The highest BCUT2D eigenvalue weighted by molar-refractivity contribution is 8.00. The number of pyridine rings is 1. The van der Waals surface area contributed by atoms with Crippen molar-refractivity contribution in [1.82, 2.24) is 4.98 Å². The van der Waals surface area contributed by atoms with E-state index in [4.69, 9.17) is 10.1 Å². The van der Waals surface area contributed by atoms with Gasteiger partial charge in [0.1, 0.15) is 11.1 Å². The summed E-state index contributed by atoms with van der Waals surface area (Å²) in [5.74, 6) is -1.28. The van der Waals surface area contributed by atoms with Gasteiger partial charge in [0.05, 0.1) is 22.6 Å². The number of hydrogen-bond acceptors (Lipinski definition) is 5. The average Bonchev–Trinajstić information content (AvgIpc) is 2.88. The minimum absolute atomic E-state index is 0.0357. The Kier molecular flexibility index (Phi) is 7.24. The number of benzene rings is 3. The molecule has 2 N–H and O–H groups in total. The van der Waals surface area contributed by atoms with Gasteiger partial charge in [0.2, 0.25) is 5.91 Å². The summed E-state index contributed by atoms with van der Waals surface area (Å²) in [7, 11) is 0. The molecule has 0 aliphatic heterocycles. The quantitative estimate of drug-likeness (QED) is 0.314. The first-order chi connectivity index (χ1) is 16.9. The van der Waals surface area contributed by atoms with Crippen molar-refractivity contribution in [2.24, 2.45) is 0 Å². The van der Waals surface area contributed by atoms with Crippen molar-refractivity contribution in [3.05, 3.63) is 102 Å². The number of hydrogen-bond donors (Lipinski definition) is 2. The number of nitriles is 1. The van der Waals surface area contributed by atoms with Gasteiger partial charge in [-0.15, -0.1) is 0 Å². The molecule has 1 aromatic heterocycles. The molecule has 0 unspecified atom stereocenters. The summed E-state index contributed by atoms with van der Waals surface area (Å²) < 4.78 is 0. The Hall–Kier alpha value is -4.41. The zero-order valence-electron chi connectivity index (χ0n) is 18.9. The van der Waals surface area contributed by atoms with Gasteiger partial charge in [-0.05, 0) is 42.8 Å². The molecule has 1 amide bonds. The fourth-order valence-electron chi connectivity index (χ4n) is 3.48. The first-order valence-corrected chi connectivity index (χ1v) is 11.8. The Labute approximate surface area is 207 Å². The van der Waals surface area contributed by atoms with Crippen molar-refractivity contribution in [3.63, 3.8) is 0 Å². The lowest BCUT2D eigenvalue weighted by molar-refractivity contribution is -0.113. The van der Waals surface area contributed by atoms with E-state index in [0.29, 0.717) is 16.3 Å². The number of thioether (sulfide) groups is 1. The molecule has 4 aromatic rings. The Morgan fingerprint density at radius 3 is 2.29 bits per heavy atom. The molecule has 0 fully saturated rings. The van der Waals surface area contributed by atoms with Crippen molar-refractivity contribution < 1.29 is 14.7 Å². The number of nitrogens with zero attached hydrogens (tertiary/aromatic N) is 2. The highest BCUT2D eigenvalue weighted by Crippen LogP contribution is 2.34. The van der Waals surface area contributed by atoms with E-state index in [9.17, 15) is 14.9 Å². The van der Waals surface area contributed by atoms with Crippen LogP contribution in [0.15, 0.2) is 90.0 Å². The molecule has 0 saturated heterocycles. The molecule has 6 nitrogen and oxygen atoms in total. The summed E-state index contributed by atoms with van der Waals surface area (Å²) in [5.41, 5.74) is 5.46. The topological polar surface area (TPSA) is 103 Å². The van der Waals surface area contributed by atoms with Crippen LogP contribution in [0.2, 0.25) is 0 Å². The molecule has 35 heavy (non-hydrogen) atoms. The molecule has 3 aromatic carbocycles. The molecular formula is C28H21N3O3S. The van der Waals surface area contributed by atoms with Gasteiger partial charge < -0.3 is 10.4 Å². The number of carbonyl (C=O) groups excluding carboxylic acids is 1. The Morgan fingerprint density at radius 1 is 0.971 bits per heavy atom. The normalized spacial score (nSPS) is 10.4. The maximum absolute atomic E-state index is 12.6. The fraction of sp³-hybridized carbons (Fsp3) is 0.0714. The van der Waals surface area contributed by atoms with Crippen molar-refractivity contribution >= 4 is 29.3 Å². The summed E-state index contributed by atoms with van der Waals surface area (Å²) in [6.07, 6.45) is 0. The Morgan fingerprint density at radius 2 is 1.66 bits per heavy atom. The van der Waals surface area contributed by atoms with E-state index in [0.717, 1.165) is 27.9 Å². The second-order valence-corrected chi connectivity index (χ2v) is 8.76. The van der Waals surface area contributed by atoms with E-state index < -0.39 is 5.97 Å². The maximum atomic E-state index is 12.6. The third-order valence-corrected chi connectivity index (χ3v) is 6.26. The van der Waals surface area contributed by atoms with Crippen LogP contribution in [-0.2, 0) is 4.79 Å². The number of aromatic carboxylic acids is 1. The van der Waals surface area contributed by atoms with Crippen LogP contribution in [0.5, 0.6) is 0 Å². The van der Waals surface area contributed by atoms with E-state index >= 15 is 0 Å². The van der Waals surface area contributed by atoms with Gasteiger partial charge in [-0.3, -0.25) is 4.79 Å². The van der Waals surface area contributed by atoms with Crippen molar-refractivity contribution in [2.75, 3.05) is 11.1 Å². The zero-order chi connectivity index (χ0) is 24.8. The third kappa shape index (κ3) is 5.75. The van der Waals surface area contributed by atoms with Gasteiger partial charge in [-0.2, -0.15) is 5.26 Å². The van der Waals surface area contributed by atoms with E-state index in [1.807, 2.05) is 67.6 Å². The molecule has 0 saturated carbocycles. The van der Waals surface area contributed by atoms with E-state index in [1.165, 1.54) is 36.0 Å². The summed E-state index contributed by atoms with van der Waals surface area (Å²) in [6.45, 7) is 2.01. The van der Waals surface area contributed by atoms with Gasteiger partial charge in [0.15, 0.2) is 0 Å². The van der Waals surface area contributed by atoms with Crippen molar-refractivity contribution in [1.29, 1.82) is 5.26 Å². The zero-order valence-corrected chi connectivity index (χ0v) is 19.7. The van der Waals surface area contributed by atoms with E-state index in [-0.39, 0.29) is 17.2 Å². The van der Waals surface area contributed by atoms with Crippen molar-refractivity contribution in [2.45, 2.75) is 11.9 Å². The number of carbonyl (C=O) groups is 2. The van der Waals surface area contributed by atoms with Gasteiger partial charge >= 0.3 is 5.97 Å². The number of aromatic nitrogens is 1. The van der Waals surface area contributed by atoms with Crippen LogP contribution in [0.1, 0.15) is 21.5 Å². The number of anilines is 1. The van der Waals surface area contributed by atoms with Gasteiger partial charge in [-0.25, -0.2) is 9.78 Å². The summed E-state index contributed by atoms with van der Waals surface area (Å²) in [4.78, 5) is 28.3. The smallest absolute Gasteiger partial charge is 0.335 e. The first kappa shape index (κ1) is 23.7. The Balaban J connectivity index is 1.63. The summed E-state index contributed by atoms with van der Waals surface area (Å²) in [5, 5.41) is 22.2. The number of aryl methyl sites for hydroxylation is 1. The molecule has 0 bridgehead atoms. The molecule has 0 aliphatic rings. The number of amides is 1. The highest BCUT2D eigenvalue weighted by Gasteiger charge is 2.17. The van der Waals surface area contributed by atoms with Crippen LogP contribution in [0.4, 0.5) is 5.69 Å². The minimum Gasteiger partial charge on any atom is -0.478 e. The molecule has 7 heteroatoms. The average molecular weight is 480 g/mol. The lowest BCUT2D eigenvalue weighted by Gasteiger charge is -2.13. The SMILES string of the molecule is Cc1ccc(-c2cc(-c3ccccc3)c(C#N)c(SCC(=O)Nc3ccc(C(=O)O)cc3)n2)cc1. The van der Waals surface area contributed by atoms with Gasteiger partial charge in [-0.1, -0.05) is 71.9 Å². The van der Waals surface area contributed by atoms with Crippen LogP contribution in [0.3, 0.4) is 0 Å². The molecule has 0 radical (unpaired) electrons. The predicted molar refractivity (Wildman–Crippen MR) is 137 cm³/mol. The number of rotatable bonds is 7. The molecule has 4 rings (SSSR count). The van der Waals surface area contributed by atoms with Crippen LogP contribution < -0.4 is 5.32 Å². The summed E-state index contributed by atoms with van der Waals surface area (Å²) in [6, 6.07) is 27.7. The number of nitrogens with one attached hydrogen (secondary N) is 1. The lowest BCUT2D eigenvalue weighted by Crippen LogP contribution is -2.14. The standard InChI is InChI=1S/C28H21N3O3S/c1-18-7-9-20(10-8-18)25-15-23(19-5-3-2-4-6-19)24(16-29)27(31-25)35-17-26(32)30-22-13-11-21(12-14-22)28(33)34/h2-15H,17H2,1H3,(H,30,32)(H,33,34). The maximum Gasteiger partial charge on any atom is 0.335 e. The fourth-order valence-corrected chi connectivity index (χ4v) is 4.28. The van der Waals surface area contributed by atoms with Crippen molar-refractivity contribution in [3.8, 4) is 28.5 Å². The van der Waals surface area contributed by atoms with Gasteiger partial charge in [0, 0.05) is 16.8 Å². The van der Waals surface area contributed by atoms with Crippen LogP contribution in [0.25, 0.3) is 22.4 Å². The molecule has 0 atom stereocenters. The second kappa shape index (κ2) is 10.7. The summed E-state index contributed by atoms with van der Waals surface area (Å²) >= 11 is 1.19. The largest absolute Gasteiger partial charge is 0.478 e. The van der Waals surface area contributed by atoms with Gasteiger partial charge in [0.25, 0.3) is 0 Å². The Bertz CT molecular complexity index is 1410. The highest BCUT2D eigenvalue weighted by atomic mass is 32.2. The predicted octanol–water partition coefficient (Wildman–Crippen LogP) is 6.02. The monoisotopic (exact) mass is 479 g/mol. The van der Waals surface area contributed by atoms with E-state index in [2.05, 4.69) is 11.4 Å². The van der Waals surface area contributed by atoms with Crippen LogP contribution in [-0.4, -0.2) is 27.7 Å². The minimum atomic E-state index is -1.03. The van der Waals surface area contributed by atoms with E-state index in [1.54, 1.807) is 0 Å². The number of carboxylic acids is 1. The van der Waals surface area contributed by atoms with Crippen LogP contribution in [0, 0.1) is 18.3 Å². The molecule has 0 aliphatic carbocycles. The first-order valence-electron chi connectivity index (χ1n) is 10.8. The van der Waals surface area contributed by atoms with Crippen LogP contribution >= 0.6 is 11.8 Å². The molecule has 1 heterocycles. The molecular weight excluding hydrogens is 458 g/mol. The third-order valence-electron chi connectivity index (χ3n) is 5.29. The molecule has 0 spiro atoms. The second-order valence-electron chi connectivity index (χ2n) is 7.80. The molecule has 172 valence electrons.